The fourth-order valence-corrected chi connectivity index (χ4v) is 0. The Labute approximate surface area is 78.0 Å². The molecule has 1 radical (unpaired) electrons. The molecule has 0 aromatic heterocycles. The second kappa shape index (κ2) is 19.2. The summed E-state index contributed by atoms with van der Waals surface area (Å²) in [5.41, 5.74) is 0. The van der Waals surface area contributed by atoms with E-state index in [1.54, 1.807) is 0 Å². The van der Waals surface area contributed by atoms with Crippen molar-refractivity contribution in [1.82, 2.24) is 6.15 Å². The van der Waals surface area contributed by atoms with Crippen LogP contribution in [0.5, 0.6) is 0 Å². The quantitative estimate of drug-likeness (QED) is 0.489. The molecule has 0 heterocycles. The Balaban J connectivity index is 0. The van der Waals surface area contributed by atoms with E-state index < -0.39 is 0 Å². The van der Waals surface area contributed by atoms with Gasteiger partial charge in [0.2, 0.25) is 0 Å². The maximum atomic E-state index is 0. The Bertz CT molecular complexity index is 8.00. The Hall–Kier alpha value is 2.14. The number of hydrogen-bond acceptors (Lipinski definition) is 1. The Morgan fingerprint density at radius 3 is 1.00 bits per heavy atom. The summed E-state index contributed by atoms with van der Waals surface area (Å²) in [6.07, 6.45) is 0. The first kappa shape index (κ1) is 35.4. The van der Waals surface area contributed by atoms with Gasteiger partial charge in [0.15, 0.2) is 0 Å². The predicted molar refractivity (Wildman–Crippen MR) is 17.2 cm³/mol. The van der Waals surface area contributed by atoms with E-state index >= 15 is 0 Å². The topological polar surface area (TPSA) is 66.5 Å². The molecule has 25 valence electrons. The Morgan fingerprint density at radius 2 is 1.00 bits per heavy atom. The molecule has 0 aromatic carbocycles. The van der Waals surface area contributed by atoms with Crippen molar-refractivity contribution >= 4 is 45.5 Å². The van der Waals surface area contributed by atoms with Gasteiger partial charge in [-0.2, -0.15) is 0 Å². The first-order chi connectivity index (χ1) is 0. The molecule has 0 fully saturated rings. The standard InChI is InChI=1S/H3N.Nb.H2O.Sr.2H/h1H3;;1H2;;;. The van der Waals surface area contributed by atoms with E-state index in [-0.39, 0.29) is 79.5 Å². The average Bonchev–Trinajstić information content (AvgIpc) is 0. The van der Waals surface area contributed by atoms with Crippen LogP contribution in [0.4, 0.5) is 0 Å². The van der Waals surface area contributed by atoms with Crippen molar-refractivity contribution in [1.29, 1.82) is 0 Å². The molecule has 0 bridgehead atoms. The molecule has 0 spiro atoms. The monoisotopic (exact) mass is 218 g/mol. The molecule has 0 amide bonds. The van der Waals surface area contributed by atoms with Gasteiger partial charge in [0.1, 0.15) is 0 Å². The molecule has 0 saturated heterocycles. The number of hydrogen-bond donors (Lipinski definition) is 1. The summed E-state index contributed by atoms with van der Waals surface area (Å²) >= 11 is 0. The van der Waals surface area contributed by atoms with E-state index in [0.29, 0.717) is 0 Å². The fraction of sp³-hybridized carbons (Fsp3) is 0. The summed E-state index contributed by atoms with van der Waals surface area (Å²) in [5.74, 6) is 0. The third-order valence-electron chi connectivity index (χ3n) is 0. The summed E-state index contributed by atoms with van der Waals surface area (Å²) in [6.45, 7) is 0. The van der Waals surface area contributed by atoms with Crippen LogP contribution in [-0.2, 0) is 22.4 Å². The first-order valence-electron chi connectivity index (χ1n) is 0. The molecule has 0 aliphatic carbocycles. The van der Waals surface area contributed by atoms with Gasteiger partial charge in [0, 0.05) is 22.4 Å². The van der Waals surface area contributed by atoms with E-state index in [9.17, 15) is 0 Å². The minimum absolute atomic E-state index is 0. The van der Waals surface area contributed by atoms with Gasteiger partial charge < -0.3 is 11.6 Å². The fourth-order valence-electron chi connectivity index (χ4n) is 0. The third-order valence-corrected chi connectivity index (χ3v) is 0. The van der Waals surface area contributed by atoms with Crippen LogP contribution in [-0.4, -0.2) is 51.0 Å². The molecule has 0 aliphatic heterocycles. The van der Waals surface area contributed by atoms with E-state index in [0.717, 1.165) is 0 Å². The second-order valence-electron chi connectivity index (χ2n) is 0. The zero-order valence-corrected chi connectivity index (χ0v) is 3.85. The summed E-state index contributed by atoms with van der Waals surface area (Å²) in [4.78, 5) is 0. The van der Waals surface area contributed by atoms with Crippen molar-refractivity contribution in [2.75, 3.05) is 0 Å². The van der Waals surface area contributed by atoms with Crippen LogP contribution in [0.2, 0.25) is 0 Å². The van der Waals surface area contributed by atoms with Crippen LogP contribution in [0.3, 0.4) is 0 Å². The molecular weight excluding hydrogens is 211 g/mol. The van der Waals surface area contributed by atoms with Crippen LogP contribution >= 0.6 is 0 Å². The van der Waals surface area contributed by atoms with Gasteiger partial charge in [-0.25, -0.2) is 0 Å². The maximum absolute atomic E-state index is 0. The van der Waals surface area contributed by atoms with Crippen molar-refractivity contribution < 1.29 is 27.9 Å². The molecular formula is H7NNbOSr. The summed E-state index contributed by atoms with van der Waals surface area (Å²) in [7, 11) is 0. The molecule has 4 heteroatoms. The van der Waals surface area contributed by atoms with Crippen molar-refractivity contribution in [3.05, 3.63) is 0 Å². The van der Waals surface area contributed by atoms with Crippen LogP contribution in [0.1, 0.15) is 0 Å². The second-order valence-corrected chi connectivity index (χ2v) is 0. The molecule has 4 heavy (non-hydrogen) atoms. The molecule has 0 rings (SSSR count). The van der Waals surface area contributed by atoms with Gasteiger partial charge >= 0.3 is 45.5 Å². The summed E-state index contributed by atoms with van der Waals surface area (Å²) < 4.78 is 0. The van der Waals surface area contributed by atoms with Crippen molar-refractivity contribution in [2.45, 2.75) is 0 Å². The Morgan fingerprint density at radius 1 is 1.00 bits per heavy atom. The molecule has 0 saturated carbocycles. The summed E-state index contributed by atoms with van der Waals surface area (Å²) in [6, 6.07) is 0. The van der Waals surface area contributed by atoms with Gasteiger partial charge in [0.25, 0.3) is 0 Å². The molecule has 0 atom stereocenters. The molecule has 2 nitrogen and oxygen atoms in total. The van der Waals surface area contributed by atoms with Crippen LogP contribution in [0, 0.1) is 0 Å². The van der Waals surface area contributed by atoms with Gasteiger partial charge in [-0.05, 0) is 0 Å². The Kier molecular flexibility index (Phi) is 170. The van der Waals surface area contributed by atoms with Gasteiger partial charge in [-0.3, -0.25) is 0 Å². The first-order valence-corrected chi connectivity index (χ1v) is 0. The molecule has 0 unspecified atom stereocenters. The zero-order valence-electron chi connectivity index (χ0n) is 1.65. The van der Waals surface area contributed by atoms with E-state index in [1.165, 1.54) is 0 Å². The van der Waals surface area contributed by atoms with Gasteiger partial charge in [-0.15, -0.1) is 0 Å². The van der Waals surface area contributed by atoms with Crippen molar-refractivity contribution in [3.63, 3.8) is 0 Å². The van der Waals surface area contributed by atoms with Gasteiger partial charge in [-0.1, -0.05) is 0 Å². The normalized spacial score (nSPS) is 0. The van der Waals surface area contributed by atoms with Crippen molar-refractivity contribution in [2.24, 2.45) is 0 Å². The van der Waals surface area contributed by atoms with Crippen molar-refractivity contribution in [3.8, 4) is 0 Å². The third kappa shape index (κ3) is 8.91. The van der Waals surface area contributed by atoms with Crippen LogP contribution in [0.15, 0.2) is 0 Å². The van der Waals surface area contributed by atoms with E-state index in [1.807, 2.05) is 0 Å². The van der Waals surface area contributed by atoms with Crippen LogP contribution in [0.25, 0.3) is 0 Å². The molecule has 5 N–H and O–H groups in total. The molecule has 0 aliphatic rings. The van der Waals surface area contributed by atoms with E-state index in [4.69, 9.17) is 0 Å². The SMILES string of the molecule is N.O.[Nb].[SrH2]. The average molecular weight is 218 g/mol. The van der Waals surface area contributed by atoms with E-state index in [2.05, 4.69) is 0 Å². The predicted octanol–water partition coefficient (Wildman–Crippen LogP) is -1.58. The number of rotatable bonds is 0. The summed E-state index contributed by atoms with van der Waals surface area (Å²) in [5, 5.41) is 0. The zero-order chi connectivity index (χ0) is 0. The minimum atomic E-state index is 0. The van der Waals surface area contributed by atoms with Gasteiger partial charge in [0.05, 0.1) is 0 Å². The van der Waals surface area contributed by atoms with Crippen LogP contribution < -0.4 is 6.15 Å². The molecule has 0 aromatic rings.